The van der Waals surface area contributed by atoms with Crippen LogP contribution in [0.2, 0.25) is 0 Å². The van der Waals surface area contributed by atoms with Gasteiger partial charge in [0.1, 0.15) is 12.7 Å². The zero-order valence-electron chi connectivity index (χ0n) is 15.4. The van der Waals surface area contributed by atoms with Crippen LogP contribution in [-0.4, -0.2) is 35.6 Å². The summed E-state index contributed by atoms with van der Waals surface area (Å²) in [4.78, 5) is 16.3. The third kappa shape index (κ3) is 5.51. The highest BCUT2D eigenvalue weighted by molar-refractivity contribution is 7.89. The highest BCUT2D eigenvalue weighted by Gasteiger charge is 2.15. The first-order valence-corrected chi connectivity index (χ1v) is 10.2. The van der Waals surface area contributed by atoms with Crippen LogP contribution in [0.4, 0.5) is 0 Å². The van der Waals surface area contributed by atoms with Crippen molar-refractivity contribution in [1.82, 2.24) is 24.8 Å². The number of hydrogen-bond acceptors (Lipinski definition) is 5. The van der Waals surface area contributed by atoms with Gasteiger partial charge in [-0.15, -0.1) is 6.42 Å². The smallest absolute Gasteiger partial charge is 0.251 e. The number of benzene rings is 2. The summed E-state index contributed by atoms with van der Waals surface area (Å²) in [6, 6.07) is 13.5. The maximum Gasteiger partial charge on any atom is 0.251 e. The van der Waals surface area contributed by atoms with Crippen molar-refractivity contribution in [2.45, 2.75) is 18.0 Å². The lowest BCUT2D eigenvalue weighted by atomic mass is 10.1. The van der Waals surface area contributed by atoms with Crippen LogP contribution in [0.1, 0.15) is 21.5 Å². The minimum atomic E-state index is -3.76. The molecule has 0 aliphatic heterocycles. The number of carbonyl (C=O) groups excluding carboxylic acids is 1. The zero-order valence-corrected chi connectivity index (χ0v) is 16.3. The number of sulfonamides is 1. The summed E-state index contributed by atoms with van der Waals surface area (Å²) >= 11 is 0. The first-order chi connectivity index (χ1) is 14.0. The van der Waals surface area contributed by atoms with Gasteiger partial charge in [0, 0.05) is 12.1 Å². The van der Waals surface area contributed by atoms with Crippen LogP contribution in [0.25, 0.3) is 0 Å². The van der Waals surface area contributed by atoms with Crippen molar-refractivity contribution in [3.63, 3.8) is 0 Å². The van der Waals surface area contributed by atoms with Crippen LogP contribution in [0.5, 0.6) is 0 Å². The van der Waals surface area contributed by atoms with E-state index in [1.165, 1.54) is 24.5 Å². The molecule has 9 heteroatoms. The van der Waals surface area contributed by atoms with E-state index in [9.17, 15) is 13.2 Å². The Morgan fingerprint density at radius 1 is 1.14 bits per heavy atom. The van der Waals surface area contributed by atoms with Crippen molar-refractivity contribution in [2.75, 3.05) is 6.54 Å². The van der Waals surface area contributed by atoms with E-state index in [-0.39, 0.29) is 22.9 Å². The van der Waals surface area contributed by atoms with E-state index in [4.69, 9.17) is 6.42 Å². The number of carbonyl (C=O) groups is 1. The lowest BCUT2D eigenvalue weighted by Crippen LogP contribution is -2.25. The largest absolute Gasteiger partial charge is 0.348 e. The van der Waals surface area contributed by atoms with Gasteiger partial charge in [0.05, 0.1) is 18.0 Å². The van der Waals surface area contributed by atoms with Crippen molar-refractivity contribution >= 4 is 15.9 Å². The van der Waals surface area contributed by atoms with E-state index >= 15 is 0 Å². The molecule has 2 N–H and O–H groups in total. The van der Waals surface area contributed by atoms with Crippen molar-refractivity contribution in [3.8, 4) is 12.3 Å². The second-order valence-corrected chi connectivity index (χ2v) is 7.92. The van der Waals surface area contributed by atoms with Gasteiger partial charge >= 0.3 is 0 Å². The number of terminal acetylenes is 1. The number of rotatable bonds is 8. The number of nitrogens with zero attached hydrogens (tertiary/aromatic N) is 3. The maximum atomic E-state index is 12.4. The first-order valence-electron chi connectivity index (χ1n) is 8.69. The van der Waals surface area contributed by atoms with Crippen molar-refractivity contribution in [2.24, 2.45) is 0 Å². The molecule has 3 rings (SSSR count). The average molecular weight is 409 g/mol. The molecule has 1 aromatic heterocycles. The molecule has 3 aromatic rings. The van der Waals surface area contributed by atoms with Crippen LogP contribution in [-0.2, 0) is 23.1 Å². The summed E-state index contributed by atoms with van der Waals surface area (Å²) in [5.74, 6) is 1.84. The summed E-state index contributed by atoms with van der Waals surface area (Å²) in [5, 5.41) is 6.85. The minimum absolute atomic E-state index is 0.0159. The molecule has 0 atom stereocenters. The third-order valence-corrected chi connectivity index (χ3v) is 5.46. The van der Waals surface area contributed by atoms with Crippen LogP contribution in [0, 0.1) is 12.3 Å². The SMILES string of the molecule is C#CCNS(=O)(=O)c1cccc(C(=O)NCc2ccc(Cn3cncn3)cc2)c1. The molecular weight excluding hydrogens is 390 g/mol. The van der Waals surface area contributed by atoms with E-state index in [0.29, 0.717) is 13.1 Å². The normalized spacial score (nSPS) is 11.0. The molecule has 148 valence electrons. The Hall–Kier alpha value is -3.48. The van der Waals surface area contributed by atoms with Gasteiger partial charge in [0.2, 0.25) is 10.0 Å². The molecule has 1 heterocycles. The molecule has 1 amide bonds. The molecule has 0 fully saturated rings. The van der Waals surface area contributed by atoms with Gasteiger partial charge in [-0.3, -0.25) is 4.79 Å². The van der Waals surface area contributed by atoms with E-state index in [1.54, 1.807) is 17.1 Å². The van der Waals surface area contributed by atoms with Crippen molar-refractivity contribution < 1.29 is 13.2 Å². The third-order valence-electron chi connectivity index (χ3n) is 4.06. The van der Waals surface area contributed by atoms with E-state index in [1.807, 2.05) is 24.3 Å². The second kappa shape index (κ2) is 9.14. The quantitative estimate of drug-likeness (QED) is 0.543. The molecule has 8 nitrogen and oxygen atoms in total. The summed E-state index contributed by atoms with van der Waals surface area (Å²) in [7, 11) is -3.76. The summed E-state index contributed by atoms with van der Waals surface area (Å²) in [6.45, 7) is 0.808. The van der Waals surface area contributed by atoms with Gasteiger partial charge in [-0.05, 0) is 29.3 Å². The molecule has 0 aliphatic carbocycles. The molecular formula is C20H19N5O3S. The lowest BCUT2D eigenvalue weighted by Gasteiger charge is -2.09. The van der Waals surface area contributed by atoms with Gasteiger partial charge in [-0.2, -0.15) is 9.82 Å². The molecule has 2 aromatic carbocycles. The van der Waals surface area contributed by atoms with Gasteiger partial charge in [-0.1, -0.05) is 36.3 Å². The van der Waals surface area contributed by atoms with Crippen molar-refractivity contribution in [1.29, 1.82) is 0 Å². The Bertz CT molecular complexity index is 1120. The van der Waals surface area contributed by atoms with Crippen LogP contribution < -0.4 is 10.0 Å². The number of amides is 1. The minimum Gasteiger partial charge on any atom is -0.348 e. The monoisotopic (exact) mass is 409 g/mol. The van der Waals surface area contributed by atoms with Crippen LogP contribution in [0.3, 0.4) is 0 Å². The van der Waals surface area contributed by atoms with E-state index < -0.39 is 10.0 Å². The van der Waals surface area contributed by atoms with Gasteiger partial charge < -0.3 is 5.32 Å². The topological polar surface area (TPSA) is 106 Å². The van der Waals surface area contributed by atoms with E-state index in [0.717, 1.165) is 11.1 Å². The molecule has 0 aliphatic rings. The Morgan fingerprint density at radius 2 is 1.90 bits per heavy atom. The average Bonchev–Trinajstić information content (AvgIpc) is 3.25. The highest BCUT2D eigenvalue weighted by atomic mass is 32.2. The molecule has 0 unspecified atom stereocenters. The molecule has 0 spiro atoms. The highest BCUT2D eigenvalue weighted by Crippen LogP contribution is 2.12. The molecule has 0 bridgehead atoms. The maximum absolute atomic E-state index is 12.4. The Labute approximate surface area is 169 Å². The lowest BCUT2D eigenvalue weighted by molar-refractivity contribution is 0.0950. The molecule has 0 radical (unpaired) electrons. The first kappa shape index (κ1) is 20.3. The summed E-state index contributed by atoms with van der Waals surface area (Å²) in [5.41, 5.74) is 2.22. The Morgan fingerprint density at radius 3 is 2.59 bits per heavy atom. The fourth-order valence-corrected chi connectivity index (χ4v) is 3.55. The van der Waals surface area contributed by atoms with Gasteiger partial charge in [0.15, 0.2) is 0 Å². The number of aromatic nitrogens is 3. The van der Waals surface area contributed by atoms with Gasteiger partial charge in [0.25, 0.3) is 5.91 Å². The van der Waals surface area contributed by atoms with E-state index in [2.05, 4.69) is 26.0 Å². The summed E-state index contributed by atoms with van der Waals surface area (Å²) < 4.78 is 28.3. The van der Waals surface area contributed by atoms with Crippen molar-refractivity contribution in [3.05, 3.63) is 77.9 Å². The number of hydrogen-bond donors (Lipinski definition) is 2. The molecule has 0 saturated carbocycles. The standard InChI is InChI=1S/C20H19N5O3S/c1-2-10-24-29(27,28)19-5-3-4-18(11-19)20(26)22-12-16-6-8-17(9-7-16)13-25-15-21-14-23-25/h1,3-9,11,14-15,24H,10,12-13H2,(H,22,26). The molecule has 29 heavy (non-hydrogen) atoms. The molecule has 0 saturated heterocycles. The summed E-state index contributed by atoms with van der Waals surface area (Å²) in [6.07, 6.45) is 8.21. The second-order valence-electron chi connectivity index (χ2n) is 6.15. The van der Waals surface area contributed by atoms with Crippen LogP contribution in [0.15, 0.2) is 66.1 Å². The fourth-order valence-electron chi connectivity index (χ4n) is 2.57. The predicted molar refractivity (Wildman–Crippen MR) is 107 cm³/mol. The zero-order chi connectivity index (χ0) is 20.7. The number of nitrogens with one attached hydrogen (secondary N) is 2. The Balaban J connectivity index is 1.61. The van der Waals surface area contributed by atoms with Crippen LogP contribution >= 0.6 is 0 Å². The fraction of sp³-hybridized carbons (Fsp3) is 0.150. The van der Waals surface area contributed by atoms with Gasteiger partial charge in [-0.25, -0.2) is 18.1 Å². The predicted octanol–water partition coefficient (Wildman–Crippen LogP) is 1.17. The Kier molecular flexibility index (Phi) is 6.39.